The summed E-state index contributed by atoms with van der Waals surface area (Å²) < 4.78 is 16.0. The highest BCUT2D eigenvalue weighted by molar-refractivity contribution is 7.50. The summed E-state index contributed by atoms with van der Waals surface area (Å²) in [6.07, 6.45) is -0.143. The summed E-state index contributed by atoms with van der Waals surface area (Å²) in [7, 11) is -2.94. The largest absolute Gasteiger partial charge is 0.468 e. The fraction of sp³-hybridized carbons (Fsp3) is 0.235. The minimum absolute atomic E-state index is 0.224. The molecule has 0 aliphatic carbocycles. The van der Waals surface area contributed by atoms with Crippen LogP contribution in [0.2, 0.25) is 0 Å². The van der Waals surface area contributed by atoms with E-state index in [1.807, 2.05) is 36.4 Å². The first-order valence-electron chi connectivity index (χ1n) is 7.35. The summed E-state index contributed by atoms with van der Waals surface area (Å²) in [5.74, 6) is -0.531. The zero-order chi connectivity index (χ0) is 17.7. The van der Waals surface area contributed by atoms with Crippen LogP contribution in [0.4, 0.5) is 0 Å². The second-order valence-corrected chi connectivity index (χ2v) is 7.21. The average Bonchev–Trinajstić information content (AvgIpc) is 2.53. The molecular weight excluding hydrogens is 329 g/mol. The Hall–Kier alpha value is -1.98. The molecule has 1 unspecified atom stereocenters. The third kappa shape index (κ3) is 5.28. The van der Waals surface area contributed by atoms with E-state index in [1.54, 1.807) is 12.1 Å². The van der Waals surface area contributed by atoms with E-state index in [-0.39, 0.29) is 12.6 Å². The van der Waals surface area contributed by atoms with Crippen molar-refractivity contribution in [1.82, 2.24) is 0 Å². The van der Waals surface area contributed by atoms with Gasteiger partial charge in [-0.05, 0) is 28.7 Å². The van der Waals surface area contributed by atoms with Crippen LogP contribution in [0.5, 0.6) is 0 Å². The molecule has 0 saturated heterocycles. The Kier molecular flexibility index (Phi) is 5.91. The molecule has 0 bridgehead atoms. The molecule has 2 rings (SSSR count). The van der Waals surface area contributed by atoms with Gasteiger partial charge in [-0.25, -0.2) is 0 Å². The van der Waals surface area contributed by atoms with Gasteiger partial charge in [-0.1, -0.05) is 48.5 Å². The Morgan fingerprint density at radius 2 is 1.75 bits per heavy atom. The smallest absolute Gasteiger partial charge is 0.329 e. The molecule has 0 saturated carbocycles. The number of carbonyl (C=O) groups excluding carboxylic acids is 1. The Labute approximate surface area is 140 Å². The van der Waals surface area contributed by atoms with Crippen LogP contribution in [0.1, 0.15) is 11.1 Å². The molecule has 0 aliphatic heterocycles. The molecule has 24 heavy (non-hydrogen) atoms. The number of esters is 1. The summed E-state index contributed by atoms with van der Waals surface area (Å²) >= 11 is 0. The minimum Gasteiger partial charge on any atom is -0.468 e. The van der Waals surface area contributed by atoms with Crippen molar-refractivity contribution in [2.75, 3.05) is 7.11 Å². The van der Waals surface area contributed by atoms with Gasteiger partial charge >= 0.3 is 13.6 Å². The number of hydrogen-bond donors (Lipinski definition) is 3. The van der Waals surface area contributed by atoms with Crippen molar-refractivity contribution < 1.29 is 23.9 Å². The SMILES string of the molecule is COC(=O)C(N)Cc1cc(CP(=O)(O)O)cc(-c2ccccc2)c1. The fourth-order valence-electron chi connectivity index (χ4n) is 2.50. The molecule has 6 nitrogen and oxygen atoms in total. The number of carbonyl (C=O) groups is 1. The minimum atomic E-state index is -4.20. The fourth-order valence-corrected chi connectivity index (χ4v) is 3.15. The van der Waals surface area contributed by atoms with Gasteiger partial charge in [0, 0.05) is 0 Å². The summed E-state index contributed by atoms with van der Waals surface area (Å²) in [5, 5.41) is 0. The monoisotopic (exact) mass is 349 g/mol. The van der Waals surface area contributed by atoms with Crippen LogP contribution >= 0.6 is 7.60 Å². The number of ether oxygens (including phenoxy) is 1. The van der Waals surface area contributed by atoms with Crippen molar-refractivity contribution >= 4 is 13.6 Å². The molecule has 0 radical (unpaired) electrons. The second-order valence-electron chi connectivity index (χ2n) is 5.56. The lowest BCUT2D eigenvalue weighted by molar-refractivity contribution is -0.142. The number of hydrogen-bond acceptors (Lipinski definition) is 4. The van der Waals surface area contributed by atoms with Crippen molar-refractivity contribution in [3.05, 3.63) is 59.7 Å². The van der Waals surface area contributed by atoms with Crippen LogP contribution in [-0.2, 0) is 26.7 Å². The predicted molar refractivity (Wildman–Crippen MR) is 91.3 cm³/mol. The highest BCUT2D eigenvalue weighted by Crippen LogP contribution is 2.40. The maximum Gasteiger partial charge on any atom is 0.329 e. The molecule has 0 amide bonds. The van der Waals surface area contributed by atoms with Crippen LogP contribution in [0, 0.1) is 0 Å². The Morgan fingerprint density at radius 1 is 1.12 bits per heavy atom. The van der Waals surface area contributed by atoms with Gasteiger partial charge < -0.3 is 20.3 Å². The quantitative estimate of drug-likeness (QED) is 0.544. The first-order valence-corrected chi connectivity index (χ1v) is 9.14. The highest BCUT2D eigenvalue weighted by atomic mass is 31.2. The van der Waals surface area contributed by atoms with Gasteiger partial charge in [0.1, 0.15) is 6.04 Å². The van der Waals surface area contributed by atoms with E-state index >= 15 is 0 Å². The second kappa shape index (κ2) is 7.73. The molecule has 128 valence electrons. The third-order valence-electron chi connectivity index (χ3n) is 3.51. The van der Waals surface area contributed by atoms with E-state index in [2.05, 4.69) is 4.74 Å². The zero-order valence-electron chi connectivity index (χ0n) is 13.3. The maximum atomic E-state index is 11.5. The first-order chi connectivity index (χ1) is 11.3. The molecule has 7 heteroatoms. The Balaban J connectivity index is 2.40. The normalized spacial score (nSPS) is 12.7. The van der Waals surface area contributed by atoms with E-state index in [4.69, 9.17) is 5.73 Å². The highest BCUT2D eigenvalue weighted by Gasteiger charge is 2.18. The lowest BCUT2D eigenvalue weighted by Crippen LogP contribution is -2.33. The molecule has 0 aliphatic rings. The number of methoxy groups -OCH3 is 1. The number of benzene rings is 2. The van der Waals surface area contributed by atoms with Gasteiger partial charge in [0.15, 0.2) is 0 Å². The summed E-state index contributed by atoms with van der Waals surface area (Å²) in [5.41, 5.74) is 8.74. The molecule has 1 atom stereocenters. The number of rotatable bonds is 6. The maximum absolute atomic E-state index is 11.5. The first kappa shape index (κ1) is 18.4. The molecular formula is C17H20NO5P. The summed E-state index contributed by atoms with van der Waals surface area (Å²) in [4.78, 5) is 30.0. The van der Waals surface area contributed by atoms with Gasteiger partial charge in [-0.2, -0.15) is 0 Å². The lowest BCUT2D eigenvalue weighted by atomic mass is 9.97. The van der Waals surface area contributed by atoms with Gasteiger partial charge in [0.2, 0.25) is 0 Å². The van der Waals surface area contributed by atoms with Crippen LogP contribution in [0.25, 0.3) is 11.1 Å². The average molecular weight is 349 g/mol. The van der Waals surface area contributed by atoms with Crippen molar-refractivity contribution in [1.29, 1.82) is 0 Å². The van der Waals surface area contributed by atoms with E-state index in [0.29, 0.717) is 5.56 Å². The van der Waals surface area contributed by atoms with Crippen molar-refractivity contribution in [2.24, 2.45) is 5.73 Å². The van der Waals surface area contributed by atoms with Gasteiger partial charge in [-0.15, -0.1) is 0 Å². The molecule has 0 heterocycles. The molecule has 4 N–H and O–H groups in total. The van der Waals surface area contributed by atoms with Gasteiger partial charge in [0.25, 0.3) is 0 Å². The summed E-state index contributed by atoms with van der Waals surface area (Å²) in [6.45, 7) is 0. The van der Waals surface area contributed by atoms with Crippen LogP contribution < -0.4 is 5.73 Å². The van der Waals surface area contributed by atoms with E-state index in [9.17, 15) is 19.1 Å². The molecule has 2 aromatic rings. The zero-order valence-corrected chi connectivity index (χ0v) is 14.1. The standard InChI is InChI=1S/C17H20NO5P/c1-23-17(19)16(18)10-12-7-13(11-24(20,21)22)9-15(8-12)14-5-3-2-4-6-14/h2-9,16H,10-11,18H2,1H3,(H2,20,21,22). The van der Waals surface area contributed by atoms with E-state index < -0.39 is 19.6 Å². The van der Waals surface area contributed by atoms with Crippen LogP contribution in [-0.4, -0.2) is 28.9 Å². The molecule has 2 aromatic carbocycles. The van der Waals surface area contributed by atoms with Crippen LogP contribution in [0.3, 0.4) is 0 Å². The van der Waals surface area contributed by atoms with E-state index in [0.717, 1.165) is 16.7 Å². The van der Waals surface area contributed by atoms with E-state index in [1.165, 1.54) is 7.11 Å². The predicted octanol–water partition coefficient (Wildman–Crippen LogP) is 2.07. The topological polar surface area (TPSA) is 110 Å². The Bertz CT molecular complexity index is 757. The van der Waals surface area contributed by atoms with Crippen LogP contribution in [0.15, 0.2) is 48.5 Å². The van der Waals surface area contributed by atoms with Gasteiger partial charge in [0.05, 0.1) is 13.3 Å². The number of nitrogens with two attached hydrogens (primary N) is 1. The molecule has 0 aromatic heterocycles. The van der Waals surface area contributed by atoms with Crippen molar-refractivity contribution in [2.45, 2.75) is 18.6 Å². The van der Waals surface area contributed by atoms with Gasteiger partial charge in [-0.3, -0.25) is 9.36 Å². The lowest BCUT2D eigenvalue weighted by Gasteiger charge is -2.13. The third-order valence-corrected chi connectivity index (χ3v) is 4.28. The molecule has 0 spiro atoms. The summed E-state index contributed by atoms with van der Waals surface area (Å²) in [6, 6.07) is 13.9. The Morgan fingerprint density at radius 3 is 2.33 bits per heavy atom. The van der Waals surface area contributed by atoms with Crippen molar-refractivity contribution in [3.63, 3.8) is 0 Å². The molecule has 0 fully saturated rings. The van der Waals surface area contributed by atoms with Crippen molar-refractivity contribution in [3.8, 4) is 11.1 Å².